The predicted octanol–water partition coefficient (Wildman–Crippen LogP) is 13.4. The van der Waals surface area contributed by atoms with Crippen LogP contribution in [-0.2, 0) is 65.6 Å². The van der Waals surface area contributed by atoms with E-state index in [1.54, 1.807) is 20.8 Å². The van der Waals surface area contributed by atoms with E-state index in [4.69, 9.17) is 53.1 Å². The van der Waals surface area contributed by atoms with Gasteiger partial charge in [-0.05, 0) is 144 Å². The van der Waals surface area contributed by atoms with Crippen molar-refractivity contribution in [2.24, 2.45) is 63.8 Å². The van der Waals surface area contributed by atoms with E-state index in [1.165, 1.54) is 105 Å². The number of benzene rings is 2. The van der Waals surface area contributed by atoms with Crippen LogP contribution in [-0.4, -0.2) is 152 Å². The third kappa shape index (κ3) is 508. The second-order valence-corrected chi connectivity index (χ2v) is 15.2. The van der Waals surface area contributed by atoms with E-state index in [0.29, 0.717) is 0 Å². The number of aliphatic hydroxyl groups excluding tert-OH is 1. The molecule has 24 N–H and O–H groups in total. The molecule has 1 fully saturated rings. The Labute approximate surface area is 586 Å². The molecular formula is C71H173N11O12. The molecular weight excluding hydrogens is 1200 g/mol. The van der Waals surface area contributed by atoms with E-state index in [2.05, 4.69) is 186 Å². The normalized spacial score (nSPS) is 7.29. The van der Waals surface area contributed by atoms with Crippen molar-refractivity contribution in [2.75, 3.05) is 62.4 Å². The second kappa shape index (κ2) is 333. The first-order valence-corrected chi connectivity index (χ1v) is 30.4. The first-order chi connectivity index (χ1) is 43.9. The molecule has 0 radical (unpaired) electrons. The van der Waals surface area contributed by atoms with Crippen molar-refractivity contribution in [1.29, 1.82) is 0 Å². The van der Waals surface area contributed by atoms with Gasteiger partial charge in [0.1, 0.15) is 67.9 Å². The number of nitrogens with zero attached hydrogens (tertiary/aromatic N) is 1. The SMILES string of the molecule is C/C=C\C.C=O.C=O.C=O.C=O.C=O.C=O.C=O.C=O.C=O.C=O.CC.CC.CC(=O)N1CCCCC1.CC(C)O.CCC(C)C.CCC(C)C.CCC(C)C.CCC(C)C.CCc1ccccc1.CCc1ccccc1.CN.CN.CN.CN.CN.CN.CN.N.N.N. The highest BCUT2D eigenvalue weighted by molar-refractivity contribution is 5.73. The highest BCUT2D eigenvalue weighted by Gasteiger charge is 2.11. The molecule has 0 bridgehead atoms. The number of carbonyl (C=O) groups excluding carboxylic acids is 11. The third-order valence-corrected chi connectivity index (χ3v) is 7.90. The summed E-state index contributed by atoms with van der Waals surface area (Å²) in [5.41, 5.74) is 34.3. The summed E-state index contributed by atoms with van der Waals surface area (Å²) in [5.74, 6) is 3.77. The highest BCUT2D eigenvalue weighted by atomic mass is 16.3. The zero-order valence-corrected chi connectivity index (χ0v) is 67.7. The third-order valence-electron chi connectivity index (χ3n) is 7.90. The number of nitrogens with two attached hydrogens (primary N) is 7. The smallest absolute Gasteiger partial charge is 0.219 e. The number of carbonyl (C=O) groups is 11. The van der Waals surface area contributed by atoms with Gasteiger partial charge in [0.15, 0.2) is 0 Å². The fourth-order valence-corrected chi connectivity index (χ4v) is 2.64. The summed E-state index contributed by atoms with van der Waals surface area (Å²) in [6, 6.07) is 20.9. The average molecular weight is 1370 g/mol. The first kappa shape index (κ1) is 185. The Bertz CT molecular complexity index is 1030. The van der Waals surface area contributed by atoms with Crippen LogP contribution in [0.3, 0.4) is 0 Å². The number of rotatable bonds is 6. The van der Waals surface area contributed by atoms with Crippen LogP contribution in [0.15, 0.2) is 72.8 Å². The Hall–Kier alpha value is -6.09. The number of aryl methyl sites for hydroxylation is 2. The molecule has 1 heterocycles. The Morgan fingerprint density at radius 2 is 0.500 bits per heavy atom. The summed E-state index contributed by atoms with van der Waals surface area (Å²) in [6.07, 6.45) is 15.0. The van der Waals surface area contributed by atoms with Crippen LogP contribution in [0.1, 0.15) is 215 Å². The molecule has 584 valence electrons. The van der Waals surface area contributed by atoms with E-state index in [0.717, 1.165) is 49.6 Å². The van der Waals surface area contributed by atoms with Crippen LogP contribution < -0.4 is 58.6 Å². The van der Waals surface area contributed by atoms with E-state index in [-0.39, 0.29) is 30.5 Å². The molecule has 94 heavy (non-hydrogen) atoms. The molecule has 0 aliphatic carbocycles. The van der Waals surface area contributed by atoms with Crippen LogP contribution in [0.5, 0.6) is 0 Å². The molecule has 1 amide bonds. The Balaban J connectivity index is -0.0000000189. The van der Waals surface area contributed by atoms with Crippen molar-refractivity contribution in [3.63, 3.8) is 0 Å². The predicted molar refractivity (Wildman–Crippen MR) is 426 cm³/mol. The summed E-state index contributed by atoms with van der Waals surface area (Å²) < 4.78 is 0. The van der Waals surface area contributed by atoms with E-state index in [9.17, 15) is 4.79 Å². The zero-order chi connectivity index (χ0) is 80.5. The lowest BCUT2D eigenvalue weighted by atomic mass is 10.1. The molecule has 2 aromatic carbocycles. The van der Waals surface area contributed by atoms with Crippen molar-refractivity contribution in [1.82, 2.24) is 23.4 Å². The Morgan fingerprint density at radius 3 is 0.564 bits per heavy atom. The minimum Gasteiger partial charge on any atom is -0.394 e. The lowest BCUT2D eigenvalue weighted by molar-refractivity contribution is -0.129. The molecule has 1 saturated heterocycles. The number of amides is 1. The van der Waals surface area contributed by atoms with Crippen molar-refractivity contribution >= 4 is 73.8 Å². The number of hydrogen-bond acceptors (Lipinski definition) is 22. The minimum absolute atomic E-state index is 0. The average Bonchev–Trinajstić information content (AvgIpc) is 3.88. The summed E-state index contributed by atoms with van der Waals surface area (Å²) in [6.45, 7) is 69.9. The van der Waals surface area contributed by atoms with Gasteiger partial charge in [-0.15, -0.1) is 0 Å². The van der Waals surface area contributed by atoms with Crippen molar-refractivity contribution in [2.45, 2.75) is 223 Å². The maximum atomic E-state index is 10.7. The molecule has 0 atom stereocenters. The molecule has 23 nitrogen and oxygen atoms in total. The van der Waals surface area contributed by atoms with Gasteiger partial charge in [0.25, 0.3) is 0 Å². The second-order valence-electron chi connectivity index (χ2n) is 15.2. The summed E-state index contributed by atoms with van der Waals surface area (Å²) in [7, 11) is 10.5. The molecule has 0 aromatic heterocycles. The van der Waals surface area contributed by atoms with Gasteiger partial charge in [-0.25, -0.2) is 0 Å². The summed E-state index contributed by atoms with van der Waals surface area (Å²) >= 11 is 0. The topological polar surface area (TPSA) is 498 Å². The Kier molecular flexibility index (Phi) is 655. The van der Waals surface area contributed by atoms with Gasteiger partial charge >= 0.3 is 0 Å². The van der Waals surface area contributed by atoms with Crippen LogP contribution in [0.4, 0.5) is 0 Å². The first-order valence-electron chi connectivity index (χ1n) is 30.4. The molecule has 23 heteroatoms. The van der Waals surface area contributed by atoms with E-state index < -0.39 is 0 Å². The van der Waals surface area contributed by atoms with Gasteiger partial charge in [-0.2, -0.15) is 0 Å². The van der Waals surface area contributed by atoms with Crippen molar-refractivity contribution in [3.05, 3.63) is 83.9 Å². The van der Waals surface area contributed by atoms with Gasteiger partial charge in [-0.3, -0.25) is 4.79 Å². The van der Waals surface area contributed by atoms with Crippen molar-refractivity contribution < 1.29 is 57.8 Å². The van der Waals surface area contributed by atoms with Gasteiger partial charge in [0, 0.05) is 26.1 Å². The number of allylic oxidation sites excluding steroid dienone is 2. The quantitative estimate of drug-likeness (QED) is 0.120. The van der Waals surface area contributed by atoms with Gasteiger partial charge in [-0.1, -0.05) is 223 Å². The number of piperidine rings is 1. The molecule has 1 aliphatic rings. The molecule has 0 spiro atoms. The lowest BCUT2D eigenvalue weighted by Gasteiger charge is -2.24. The van der Waals surface area contributed by atoms with Gasteiger partial charge in [0.05, 0.1) is 0 Å². The molecule has 0 saturated carbocycles. The molecule has 3 rings (SSSR count). The van der Waals surface area contributed by atoms with Crippen LogP contribution in [0, 0.1) is 23.7 Å². The largest absolute Gasteiger partial charge is 0.394 e. The molecule has 2 aromatic rings. The van der Waals surface area contributed by atoms with Gasteiger partial charge < -0.3 is 117 Å². The van der Waals surface area contributed by atoms with Crippen LogP contribution in [0.2, 0.25) is 0 Å². The Morgan fingerprint density at radius 1 is 0.372 bits per heavy atom. The number of aliphatic hydroxyl groups is 1. The fraction of sp³-hybridized carbons (Fsp3) is 0.648. The fourth-order valence-electron chi connectivity index (χ4n) is 2.64. The summed E-state index contributed by atoms with van der Waals surface area (Å²) in [4.78, 5) is 92.6. The lowest BCUT2D eigenvalue weighted by Crippen LogP contribution is -2.33. The molecule has 0 unspecified atom stereocenters. The van der Waals surface area contributed by atoms with E-state index in [1.807, 2.05) is 139 Å². The number of hydrogen-bond donors (Lipinski definition) is 11. The number of likely N-dealkylation sites (tertiary alicyclic amines) is 1. The monoisotopic (exact) mass is 1370 g/mol. The maximum absolute atomic E-state index is 10.7. The standard InChI is InChI=1S/2C8H10.C7H13NO.4C5H12.C4H8.C3H8O.2C2H6.7CH5N.10CH2O.3H3N/c2*1-2-8-6-4-3-5-7-8;1-7(9)8-5-3-2-4-6-8;4*1-4-5(2)3;1-3-4-2;1-3(2)4;19*1-2;;;/h2*3-7H,2H2,1H3;2-6H2,1H3;4*5H,4H2,1-3H3;2*3-4H,1-2H3;2*1-2H3;7*2H2,1H3;10*1H2;3*1H3/b;;;;;;;4-3-;;;;;;;;;;;;;;;;;;;;;;;. The van der Waals surface area contributed by atoms with Crippen LogP contribution in [0.25, 0.3) is 0 Å². The molecule has 1 aliphatic heterocycles. The van der Waals surface area contributed by atoms with Crippen LogP contribution >= 0.6 is 0 Å². The van der Waals surface area contributed by atoms with Crippen molar-refractivity contribution in [3.8, 4) is 0 Å². The maximum Gasteiger partial charge on any atom is 0.219 e. The van der Waals surface area contributed by atoms with Gasteiger partial charge in [0.2, 0.25) is 5.91 Å². The highest BCUT2D eigenvalue weighted by Crippen LogP contribution is 2.07. The minimum atomic E-state index is -0.167. The van der Waals surface area contributed by atoms with E-state index >= 15 is 0 Å². The summed E-state index contributed by atoms with van der Waals surface area (Å²) in [5, 5.41) is 8.06. The zero-order valence-electron chi connectivity index (χ0n) is 67.7.